The predicted octanol–water partition coefficient (Wildman–Crippen LogP) is 2.69. The average molecular weight is 380 g/mol. The van der Waals surface area contributed by atoms with Gasteiger partial charge in [0, 0.05) is 31.9 Å². The lowest BCUT2D eigenvalue weighted by Crippen LogP contribution is -2.56. The number of imidazole rings is 1. The molecule has 6 heteroatoms. The van der Waals surface area contributed by atoms with Crippen molar-refractivity contribution in [3.05, 3.63) is 54.1 Å². The molecule has 0 radical (unpaired) electrons. The highest BCUT2D eigenvalue weighted by Crippen LogP contribution is 2.39. The first-order chi connectivity index (χ1) is 13.5. The Morgan fingerprint density at radius 1 is 1.29 bits per heavy atom. The number of benzene rings is 1. The molecule has 0 saturated carbocycles. The standard InChI is InChI=1S/C22H28N4O2/c1-22-15-17(14-16-8-4-3-5-9-16)26(21(28)20-23-12-13-25(20)2)18(22)10-6-7-11-19(27)24-22/h3-5,8-9,12-13,17-18H,6-7,10-11,14-15H2,1-2H3,(H,24,27)/t17-,18+,22+/m1/s1. The normalized spacial score (nSPS) is 27.6. The summed E-state index contributed by atoms with van der Waals surface area (Å²) in [5, 5.41) is 3.26. The molecule has 1 aromatic heterocycles. The highest BCUT2D eigenvalue weighted by Gasteiger charge is 2.52. The van der Waals surface area contributed by atoms with Crippen molar-refractivity contribution >= 4 is 11.8 Å². The zero-order valence-electron chi connectivity index (χ0n) is 16.6. The molecule has 2 fully saturated rings. The third-order valence-electron chi connectivity index (χ3n) is 6.24. The van der Waals surface area contributed by atoms with Crippen LogP contribution in [-0.4, -0.2) is 43.9 Å². The Kier molecular flexibility index (Phi) is 4.96. The first-order valence-corrected chi connectivity index (χ1v) is 10.1. The fourth-order valence-corrected chi connectivity index (χ4v) is 4.93. The number of aryl methyl sites for hydroxylation is 1. The van der Waals surface area contributed by atoms with Gasteiger partial charge in [-0.05, 0) is 38.2 Å². The molecule has 2 saturated heterocycles. The summed E-state index contributed by atoms with van der Waals surface area (Å²) in [4.78, 5) is 32.2. The molecule has 0 bridgehead atoms. The maximum absolute atomic E-state index is 13.5. The van der Waals surface area contributed by atoms with Crippen LogP contribution in [0, 0.1) is 0 Å². The second-order valence-corrected chi connectivity index (χ2v) is 8.35. The summed E-state index contributed by atoms with van der Waals surface area (Å²) in [5.74, 6) is 0.504. The van der Waals surface area contributed by atoms with Crippen LogP contribution >= 0.6 is 0 Å². The number of carbonyl (C=O) groups excluding carboxylic acids is 2. The van der Waals surface area contributed by atoms with Crippen molar-refractivity contribution in [1.82, 2.24) is 19.8 Å². The summed E-state index contributed by atoms with van der Waals surface area (Å²) in [6, 6.07) is 10.3. The van der Waals surface area contributed by atoms with E-state index >= 15 is 0 Å². The van der Waals surface area contributed by atoms with Crippen molar-refractivity contribution in [2.24, 2.45) is 7.05 Å². The van der Waals surface area contributed by atoms with E-state index in [1.54, 1.807) is 17.0 Å². The summed E-state index contributed by atoms with van der Waals surface area (Å²) in [6.45, 7) is 2.10. The van der Waals surface area contributed by atoms with Crippen molar-refractivity contribution in [2.75, 3.05) is 0 Å². The van der Waals surface area contributed by atoms with Gasteiger partial charge in [0.15, 0.2) is 5.82 Å². The molecule has 0 unspecified atom stereocenters. The van der Waals surface area contributed by atoms with Gasteiger partial charge in [0.1, 0.15) is 0 Å². The van der Waals surface area contributed by atoms with Crippen molar-refractivity contribution < 1.29 is 9.59 Å². The van der Waals surface area contributed by atoms with Gasteiger partial charge in [0.25, 0.3) is 5.91 Å². The molecule has 148 valence electrons. The average Bonchev–Trinajstić information content (AvgIpc) is 3.19. The van der Waals surface area contributed by atoms with Crippen LogP contribution in [0.1, 0.15) is 55.2 Å². The monoisotopic (exact) mass is 380 g/mol. The molecule has 6 nitrogen and oxygen atoms in total. The fraction of sp³-hybridized carbons (Fsp3) is 0.500. The Morgan fingerprint density at radius 3 is 2.79 bits per heavy atom. The second-order valence-electron chi connectivity index (χ2n) is 8.35. The minimum absolute atomic E-state index is 0.0188. The summed E-state index contributed by atoms with van der Waals surface area (Å²) < 4.78 is 1.78. The Bertz CT molecular complexity index is 862. The third-order valence-corrected chi connectivity index (χ3v) is 6.24. The third kappa shape index (κ3) is 3.43. The number of hydrogen-bond acceptors (Lipinski definition) is 3. The topological polar surface area (TPSA) is 67.2 Å². The lowest BCUT2D eigenvalue weighted by atomic mass is 9.85. The molecule has 28 heavy (non-hydrogen) atoms. The number of fused-ring (bicyclic) bond motifs is 1. The molecule has 0 spiro atoms. The van der Waals surface area contributed by atoms with Crippen molar-refractivity contribution in [3.63, 3.8) is 0 Å². The second kappa shape index (κ2) is 7.41. The number of rotatable bonds is 3. The number of carbonyl (C=O) groups is 2. The van der Waals surface area contributed by atoms with Gasteiger partial charge in [-0.3, -0.25) is 9.59 Å². The van der Waals surface area contributed by atoms with E-state index < -0.39 is 5.54 Å². The number of nitrogens with zero attached hydrogens (tertiary/aromatic N) is 3. The number of aromatic nitrogens is 2. The number of nitrogens with one attached hydrogen (secondary N) is 1. The molecule has 4 rings (SSSR count). The molecule has 2 aliphatic rings. The first kappa shape index (κ1) is 18.7. The van der Waals surface area contributed by atoms with Crippen molar-refractivity contribution in [1.29, 1.82) is 0 Å². The molecular weight excluding hydrogens is 352 g/mol. The van der Waals surface area contributed by atoms with E-state index in [0.29, 0.717) is 12.2 Å². The highest BCUT2D eigenvalue weighted by molar-refractivity contribution is 5.92. The van der Waals surface area contributed by atoms with Gasteiger partial charge in [0.2, 0.25) is 5.91 Å². The van der Waals surface area contributed by atoms with Crippen molar-refractivity contribution in [3.8, 4) is 0 Å². The van der Waals surface area contributed by atoms with Gasteiger partial charge in [-0.2, -0.15) is 0 Å². The lowest BCUT2D eigenvalue weighted by Gasteiger charge is -2.38. The van der Waals surface area contributed by atoms with E-state index in [2.05, 4.69) is 29.4 Å². The Hall–Kier alpha value is -2.63. The number of likely N-dealkylation sites (tertiary alicyclic amines) is 1. The molecule has 2 amide bonds. The summed E-state index contributed by atoms with van der Waals surface area (Å²) >= 11 is 0. The Morgan fingerprint density at radius 2 is 2.07 bits per heavy atom. The zero-order chi connectivity index (χ0) is 19.7. The Balaban J connectivity index is 1.71. The van der Waals surface area contributed by atoms with Crippen molar-refractivity contribution in [2.45, 2.75) is 63.1 Å². The van der Waals surface area contributed by atoms with Crippen LogP contribution in [0.2, 0.25) is 0 Å². The Labute approximate surface area is 165 Å². The molecule has 2 aromatic rings. The summed E-state index contributed by atoms with van der Waals surface area (Å²) in [6.07, 6.45) is 8.29. The molecule has 0 aliphatic carbocycles. The summed E-state index contributed by atoms with van der Waals surface area (Å²) in [5.41, 5.74) is 0.798. The van der Waals surface area contributed by atoms with Gasteiger partial charge in [0.05, 0.1) is 11.6 Å². The maximum atomic E-state index is 13.5. The van der Waals surface area contributed by atoms with Crippen LogP contribution in [0.5, 0.6) is 0 Å². The summed E-state index contributed by atoms with van der Waals surface area (Å²) in [7, 11) is 1.85. The smallest absolute Gasteiger partial charge is 0.290 e. The maximum Gasteiger partial charge on any atom is 0.290 e. The molecule has 1 N–H and O–H groups in total. The van der Waals surface area contributed by atoms with Gasteiger partial charge < -0.3 is 14.8 Å². The zero-order valence-corrected chi connectivity index (χ0v) is 16.6. The number of amides is 2. The van der Waals surface area contributed by atoms with E-state index in [1.165, 1.54) is 5.56 Å². The largest absolute Gasteiger partial charge is 0.349 e. The SMILES string of the molecule is Cn1ccnc1C(=O)N1[C@H](Cc2ccccc2)C[C@]2(C)NC(=O)CCCC[C@H]12. The van der Waals surface area contributed by atoms with Crippen LogP contribution in [-0.2, 0) is 18.3 Å². The van der Waals surface area contributed by atoms with Crippen LogP contribution in [0.15, 0.2) is 42.7 Å². The van der Waals surface area contributed by atoms with E-state index in [-0.39, 0.29) is 23.9 Å². The molecule has 2 aliphatic heterocycles. The van der Waals surface area contributed by atoms with Gasteiger partial charge in [-0.1, -0.05) is 36.8 Å². The molecule has 1 aromatic carbocycles. The minimum Gasteiger partial charge on any atom is -0.349 e. The lowest BCUT2D eigenvalue weighted by molar-refractivity contribution is -0.123. The highest BCUT2D eigenvalue weighted by atomic mass is 16.2. The fourth-order valence-electron chi connectivity index (χ4n) is 4.93. The van der Waals surface area contributed by atoms with E-state index in [4.69, 9.17) is 0 Å². The minimum atomic E-state index is -0.405. The van der Waals surface area contributed by atoms with E-state index in [9.17, 15) is 9.59 Å². The van der Waals surface area contributed by atoms with E-state index in [0.717, 1.165) is 32.1 Å². The van der Waals surface area contributed by atoms with Gasteiger partial charge in [-0.15, -0.1) is 0 Å². The van der Waals surface area contributed by atoms with Crippen LogP contribution in [0.25, 0.3) is 0 Å². The van der Waals surface area contributed by atoms with Crippen LogP contribution in [0.4, 0.5) is 0 Å². The molecule has 3 heterocycles. The number of hydrogen-bond donors (Lipinski definition) is 1. The van der Waals surface area contributed by atoms with Gasteiger partial charge in [-0.25, -0.2) is 4.98 Å². The van der Waals surface area contributed by atoms with Gasteiger partial charge >= 0.3 is 0 Å². The van der Waals surface area contributed by atoms with Crippen LogP contribution < -0.4 is 5.32 Å². The van der Waals surface area contributed by atoms with Crippen LogP contribution in [0.3, 0.4) is 0 Å². The molecule has 3 atom stereocenters. The molecular formula is C22H28N4O2. The quantitative estimate of drug-likeness (QED) is 0.890. The predicted molar refractivity (Wildman–Crippen MR) is 107 cm³/mol. The first-order valence-electron chi connectivity index (χ1n) is 10.1. The van der Waals surface area contributed by atoms with E-state index in [1.807, 2.05) is 30.1 Å².